The summed E-state index contributed by atoms with van der Waals surface area (Å²) in [5.41, 5.74) is 4.31. The van der Waals surface area contributed by atoms with Crippen molar-refractivity contribution in [2.75, 3.05) is 0 Å². The first-order chi connectivity index (χ1) is 15.6. The van der Waals surface area contributed by atoms with Gasteiger partial charge in [-0.1, -0.05) is 23.4 Å². The fourth-order valence-electron chi connectivity index (χ4n) is 3.39. The first-order valence-electron chi connectivity index (χ1n) is 11.0. The second-order valence-corrected chi connectivity index (χ2v) is 9.26. The quantitative estimate of drug-likeness (QED) is 0.549. The van der Waals surface area contributed by atoms with Crippen molar-refractivity contribution in [3.63, 3.8) is 0 Å². The van der Waals surface area contributed by atoms with E-state index in [0.29, 0.717) is 28.6 Å². The lowest BCUT2D eigenvalue weighted by atomic mass is 9.98. The van der Waals surface area contributed by atoms with E-state index < -0.39 is 11.4 Å². The van der Waals surface area contributed by atoms with Crippen molar-refractivity contribution in [1.29, 1.82) is 5.26 Å². The number of ether oxygens (including phenoxy) is 1. The summed E-state index contributed by atoms with van der Waals surface area (Å²) in [7, 11) is 0. The Morgan fingerprint density at radius 3 is 2.58 bits per heavy atom. The Bertz CT molecular complexity index is 1180. The van der Waals surface area contributed by atoms with Crippen molar-refractivity contribution in [2.45, 2.75) is 60.0 Å². The maximum Gasteiger partial charge on any atom is 0.308 e. The number of hydrogen-bond acceptors (Lipinski definition) is 6. The van der Waals surface area contributed by atoms with Crippen LogP contribution < -0.4 is 4.74 Å². The van der Waals surface area contributed by atoms with Crippen LogP contribution in [0.15, 0.2) is 40.9 Å². The molecule has 172 valence electrons. The molecule has 0 fully saturated rings. The number of nitrogens with zero attached hydrogens (tertiary/aromatic N) is 3. The monoisotopic (exact) mass is 447 g/mol. The maximum atomic E-state index is 10.0. The minimum Gasteiger partial charge on any atom is -0.490 e. The van der Waals surface area contributed by atoms with E-state index in [0.717, 1.165) is 18.4 Å². The summed E-state index contributed by atoms with van der Waals surface area (Å²) in [6.07, 6.45) is 3.33. The van der Waals surface area contributed by atoms with Crippen molar-refractivity contribution < 1.29 is 19.2 Å². The number of hydrogen-bond donors (Lipinski definition) is 1. The highest BCUT2D eigenvalue weighted by Crippen LogP contribution is 2.33. The van der Waals surface area contributed by atoms with Crippen molar-refractivity contribution >= 4 is 5.97 Å². The number of nitriles is 1. The SMILES string of the molecule is CC(C)(C)C(=O)O.CC(C)Oc1ccc(-c2nc(-c3cccc4c3CCC4)no2)cc1C#N. The van der Waals surface area contributed by atoms with Gasteiger partial charge in [0, 0.05) is 11.1 Å². The van der Waals surface area contributed by atoms with Crippen LogP contribution in [0.5, 0.6) is 5.75 Å². The number of aryl methyl sites for hydroxylation is 1. The van der Waals surface area contributed by atoms with Crippen LogP contribution in [0.1, 0.15) is 57.7 Å². The van der Waals surface area contributed by atoms with Crippen LogP contribution in [0.4, 0.5) is 0 Å². The predicted octanol–water partition coefficient (Wildman–Crippen LogP) is 5.67. The van der Waals surface area contributed by atoms with Crippen LogP contribution in [0.3, 0.4) is 0 Å². The Morgan fingerprint density at radius 2 is 1.94 bits per heavy atom. The first kappa shape index (κ1) is 24.0. The molecule has 3 aromatic rings. The molecule has 1 aliphatic rings. The zero-order chi connectivity index (χ0) is 24.2. The fourth-order valence-corrected chi connectivity index (χ4v) is 3.39. The summed E-state index contributed by atoms with van der Waals surface area (Å²) < 4.78 is 11.1. The molecule has 7 heteroatoms. The molecule has 0 saturated carbocycles. The lowest BCUT2D eigenvalue weighted by Crippen LogP contribution is -2.18. The topological polar surface area (TPSA) is 109 Å². The smallest absolute Gasteiger partial charge is 0.308 e. The van der Waals surface area contributed by atoms with Gasteiger partial charge in [-0.25, -0.2) is 0 Å². The van der Waals surface area contributed by atoms with E-state index in [-0.39, 0.29) is 6.10 Å². The third-order valence-corrected chi connectivity index (χ3v) is 5.16. The molecule has 0 spiro atoms. The van der Waals surface area contributed by atoms with Crippen molar-refractivity contribution in [3.8, 4) is 34.7 Å². The summed E-state index contributed by atoms with van der Waals surface area (Å²) in [4.78, 5) is 14.6. The number of benzene rings is 2. The van der Waals surface area contributed by atoms with Crippen molar-refractivity contribution in [3.05, 3.63) is 53.1 Å². The van der Waals surface area contributed by atoms with E-state index in [2.05, 4.69) is 22.3 Å². The van der Waals surface area contributed by atoms with Crippen LogP contribution >= 0.6 is 0 Å². The van der Waals surface area contributed by atoms with Crippen molar-refractivity contribution in [1.82, 2.24) is 10.1 Å². The summed E-state index contributed by atoms with van der Waals surface area (Å²) in [6, 6.07) is 13.8. The minimum atomic E-state index is -0.757. The van der Waals surface area contributed by atoms with Gasteiger partial charge < -0.3 is 14.4 Å². The Labute approximate surface area is 194 Å². The molecule has 0 radical (unpaired) electrons. The van der Waals surface area contributed by atoms with E-state index in [1.54, 1.807) is 32.9 Å². The van der Waals surface area contributed by atoms with Crippen LogP contribution in [0, 0.1) is 16.7 Å². The first-order valence-corrected chi connectivity index (χ1v) is 11.0. The van der Waals surface area contributed by atoms with Crippen LogP contribution in [-0.4, -0.2) is 27.3 Å². The van der Waals surface area contributed by atoms with Gasteiger partial charge in [0.05, 0.1) is 17.1 Å². The highest BCUT2D eigenvalue weighted by atomic mass is 16.5. The molecule has 33 heavy (non-hydrogen) atoms. The highest BCUT2D eigenvalue weighted by Gasteiger charge is 2.20. The molecule has 4 rings (SSSR count). The van der Waals surface area contributed by atoms with Gasteiger partial charge >= 0.3 is 5.97 Å². The third-order valence-electron chi connectivity index (χ3n) is 5.16. The van der Waals surface area contributed by atoms with Gasteiger partial charge in [0.2, 0.25) is 5.82 Å². The average Bonchev–Trinajstić information content (AvgIpc) is 3.43. The Kier molecular flexibility index (Phi) is 7.17. The number of carbonyl (C=O) groups is 1. The maximum absolute atomic E-state index is 10.0. The number of aliphatic carboxylic acids is 1. The van der Waals surface area contributed by atoms with Crippen molar-refractivity contribution in [2.24, 2.45) is 5.41 Å². The van der Waals surface area contributed by atoms with E-state index in [1.165, 1.54) is 17.5 Å². The summed E-state index contributed by atoms with van der Waals surface area (Å²) in [5, 5.41) is 21.8. The minimum absolute atomic E-state index is 0.00290. The van der Waals surface area contributed by atoms with Crippen LogP contribution in [0.25, 0.3) is 22.8 Å². The van der Waals surface area contributed by atoms with Gasteiger partial charge in [-0.2, -0.15) is 10.2 Å². The van der Waals surface area contributed by atoms with Gasteiger partial charge in [0.15, 0.2) is 0 Å². The molecular formula is C26H29N3O4. The van der Waals surface area contributed by atoms with Gasteiger partial charge in [0.1, 0.15) is 11.8 Å². The van der Waals surface area contributed by atoms with E-state index >= 15 is 0 Å². The van der Waals surface area contributed by atoms with Crippen LogP contribution in [-0.2, 0) is 17.6 Å². The lowest BCUT2D eigenvalue weighted by Gasteiger charge is -2.11. The van der Waals surface area contributed by atoms with Gasteiger partial charge in [-0.15, -0.1) is 0 Å². The molecule has 0 unspecified atom stereocenters. The van der Waals surface area contributed by atoms with Gasteiger partial charge in [-0.3, -0.25) is 4.79 Å². The Hall–Kier alpha value is -3.66. The fraction of sp³-hybridized carbons (Fsp3) is 0.385. The molecule has 0 atom stereocenters. The number of carboxylic acid groups (broad SMARTS) is 1. The molecule has 0 saturated heterocycles. The third kappa shape index (κ3) is 5.78. The molecule has 1 aromatic heterocycles. The molecule has 1 heterocycles. The van der Waals surface area contributed by atoms with Gasteiger partial charge in [-0.05, 0) is 83.2 Å². The molecule has 1 aliphatic carbocycles. The highest BCUT2D eigenvalue weighted by molar-refractivity contribution is 5.72. The van der Waals surface area contributed by atoms with Gasteiger partial charge in [0.25, 0.3) is 5.89 Å². The lowest BCUT2D eigenvalue weighted by molar-refractivity contribution is -0.145. The zero-order valence-electron chi connectivity index (χ0n) is 19.7. The van der Waals surface area contributed by atoms with E-state index in [1.807, 2.05) is 32.0 Å². The molecule has 1 N–H and O–H groups in total. The number of carboxylic acids is 1. The zero-order valence-corrected chi connectivity index (χ0v) is 19.7. The molecule has 2 aromatic carbocycles. The number of fused-ring (bicyclic) bond motifs is 1. The number of aromatic nitrogens is 2. The molecule has 0 bridgehead atoms. The second kappa shape index (κ2) is 9.86. The number of rotatable bonds is 4. The average molecular weight is 448 g/mol. The van der Waals surface area contributed by atoms with E-state index in [4.69, 9.17) is 14.4 Å². The predicted molar refractivity (Wildman–Crippen MR) is 125 cm³/mol. The van der Waals surface area contributed by atoms with Crippen LogP contribution in [0.2, 0.25) is 0 Å². The summed E-state index contributed by atoms with van der Waals surface area (Å²) in [6.45, 7) is 8.84. The van der Waals surface area contributed by atoms with E-state index in [9.17, 15) is 10.1 Å². The standard InChI is InChI=1S/C21H19N3O2.C5H10O2/c1-13(2)25-19-10-9-15(11-16(19)12-22)21-23-20(24-26-21)18-8-4-6-14-5-3-7-17(14)18;1-5(2,3)4(6)7/h4,6,8-11,13H,3,5,7H2,1-2H3;1-3H3,(H,6,7). The Balaban J connectivity index is 0.000000383. The normalized spacial score (nSPS) is 12.5. The second-order valence-electron chi connectivity index (χ2n) is 9.26. The summed E-state index contributed by atoms with van der Waals surface area (Å²) in [5.74, 6) is 0.808. The Morgan fingerprint density at radius 1 is 1.21 bits per heavy atom. The molecule has 7 nitrogen and oxygen atoms in total. The largest absolute Gasteiger partial charge is 0.490 e. The molecule has 0 aliphatic heterocycles. The summed E-state index contributed by atoms with van der Waals surface area (Å²) >= 11 is 0. The molecular weight excluding hydrogens is 418 g/mol. The molecule has 0 amide bonds.